The summed E-state index contributed by atoms with van der Waals surface area (Å²) in [4.78, 5) is 4.83. The smallest absolute Gasteiger partial charge is 0.161 e. The highest BCUT2D eigenvalue weighted by Crippen LogP contribution is 2.30. The number of benzene rings is 2. The Morgan fingerprint density at radius 2 is 1.97 bits per heavy atom. The molecule has 1 aliphatic carbocycles. The SMILES string of the molecule is CC(C)c1cnn2c(NCCC3=CCc4ccccc43)cc(-c3cccc(F)c3)nc12. The molecule has 2 aromatic heterocycles. The number of allylic oxidation sites excluding steroid dienone is 1. The number of nitrogens with zero attached hydrogens (tertiary/aromatic N) is 3. The first-order valence-corrected chi connectivity index (χ1v) is 10.8. The summed E-state index contributed by atoms with van der Waals surface area (Å²) in [6.45, 7) is 5.04. The lowest BCUT2D eigenvalue weighted by Crippen LogP contribution is -2.09. The normalized spacial score (nSPS) is 13.0. The maximum absolute atomic E-state index is 13.8. The Morgan fingerprint density at radius 3 is 2.81 bits per heavy atom. The number of aromatic nitrogens is 3. The van der Waals surface area contributed by atoms with Crippen molar-refractivity contribution in [2.45, 2.75) is 32.6 Å². The molecule has 0 spiro atoms. The molecular weight excluding hydrogens is 387 g/mol. The number of fused-ring (bicyclic) bond motifs is 2. The monoisotopic (exact) mass is 412 g/mol. The van der Waals surface area contributed by atoms with Gasteiger partial charge in [-0.25, -0.2) is 9.37 Å². The molecule has 0 unspecified atom stereocenters. The largest absolute Gasteiger partial charge is 0.370 e. The Balaban J connectivity index is 1.46. The fourth-order valence-corrected chi connectivity index (χ4v) is 4.23. The number of halogens is 1. The third kappa shape index (κ3) is 3.72. The van der Waals surface area contributed by atoms with Crippen LogP contribution in [0.15, 0.2) is 66.9 Å². The van der Waals surface area contributed by atoms with Crippen LogP contribution in [0.5, 0.6) is 0 Å². The summed E-state index contributed by atoms with van der Waals surface area (Å²) in [7, 11) is 0. The Morgan fingerprint density at radius 1 is 1.10 bits per heavy atom. The lowest BCUT2D eigenvalue weighted by atomic mass is 10.0. The first kappa shape index (κ1) is 19.5. The van der Waals surface area contributed by atoms with Gasteiger partial charge in [-0.1, -0.05) is 56.3 Å². The van der Waals surface area contributed by atoms with Crippen LogP contribution in [0.4, 0.5) is 10.2 Å². The fraction of sp³-hybridized carbons (Fsp3) is 0.231. The van der Waals surface area contributed by atoms with Crippen molar-refractivity contribution in [2.75, 3.05) is 11.9 Å². The van der Waals surface area contributed by atoms with E-state index in [0.717, 1.165) is 47.7 Å². The van der Waals surface area contributed by atoms with Gasteiger partial charge >= 0.3 is 0 Å². The minimum atomic E-state index is -0.266. The highest BCUT2D eigenvalue weighted by atomic mass is 19.1. The van der Waals surface area contributed by atoms with Crippen molar-refractivity contribution in [1.29, 1.82) is 0 Å². The van der Waals surface area contributed by atoms with Crippen molar-refractivity contribution >= 4 is 17.0 Å². The van der Waals surface area contributed by atoms with Crippen LogP contribution in [0, 0.1) is 5.82 Å². The number of anilines is 1. The number of hydrogen-bond acceptors (Lipinski definition) is 3. The molecule has 0 saturated carbocycles. The maximum Gasteiger partial charge on any atom is 0.161 e. The minimum Gasteiger partial charge on any atom is -0.370 e. The summed E-state index contributed by atoms with van der Waals surface area (Å²) >= 11 is 0. The van der Waals surface area contributed by atoms with Crippen molar-refractivity contribution in [1.82, 2.24) is 14.6 Å². The van der Waals surface area contributed by atoms with Crippen LogP contribution in [-0.2, 0) is 6.42 Å². The van der Waals surface area contributed by atoms with E-state index in [1.165, 1.54) is 28.8 Å². The van der Waals surface area contributed by atoms with Crippen LogP contribution in [-0.4, -0.2) is 21.1 Å². The topological polar surface area (TPSA) is 42.2 Å². The standard InChI is InChI=1S/C26H25FN4/c1-17(2)23-16-29-31-25(15-24(30-26(23)31)20-7-5-8-21(27)14-20)28-13-12-19-11-10-18-6-3-4-9-22(18)19/h3-9,11,14-17,28H,10,12-13H2,1-2H3. The van der Waals surface area contributed by atoms with Crippen LogP contribution in [0.25, 0.3) is 22.5 Å². The van der Waals surface area contributed by atoms with Gasteiger partial charge in [0.1, 0.15) is 11.6 Å². The molecule has 4 nitrogen and oxygen atoms in total. The van der Waals surface area contributed by atoms with Crippen LogP contribution in [0.2, 0.25) is 0 Å². The molecule has 31 heavy (non-hydrogen) atoms. The molecule has 156 valence electrons. The first-order chi connectivity index (χ1) is 15.1. The lowest BCUT2D eigenvalue weighted by Gasteiger charge is -2.13. The molecule has 1 N–H and O–H groups in total. The Kier molecular flexibility index (Phi) is 5.02. The fourth-order valence-electron chi connectivity index (χ4n) is 4.23. The lowest BCUT2D eigenvalue weighted by molar-refractivity contribution is 0.628. The van der Waals surface area contributed by atoms with E-state index in [4.69, 9.17) is 4.98 Å². The average molecular weight is 413 g/mol. The zero-order valence-electron chi connectivity index (χ0n) is 17.8. The molecule has 0 radical (unpaired) electrons. The van der Waals surface area contributed by atoms with E-state index >= 15 is 0 Å². The zero-order chi connectivity index (χ0) is 21.4. The highest BCUT2D eigenvalue weighted by Gasteiger charge is 2.16. The summed E-state index contributed by atoms with van der Waals surface area (Å²) in [5.74, 6) is 0.891. The maximum atomic E-state index is 13.8. The Hall–Kier alpha value is -3.47. The molecular formula is C26H25FN4. The van der Waals surface area contributed by atoms with Gasteiger partial charge in [-0.3, -0.25) is 0 Å². The van der Waals surface area contributed by atoms with Crippen LogP contribution < -0.4 is 5.32 Å². The predicted molar refractivity (Wildman–Crippen MR) is 124 cm³/mol. The van der Waals surface area contributed by atoms with E-state index in [2.05, 4.69) is 54.6 Å². The van der Waals surface area contributed by atoms with Crippen molar-refractivity contribution in [3.05, 3.63) is 89.4 Å². The second-order valence-corrected chi connectivity index (χ2v) is 8.29. The van der Waals surface area contributed by atoms with E-state index in [1.54, 1.807) is 6.07 Å². The molecule has 2 aromatic carbocycles. The van der Waals surface area contributed by atoms with Gasteiger partial charge in [0.25, 0.3) is 0 Å². The van der Waals surface area contributed by atoms with E-state index in [-0.39, 0.29) is 5.82 Å². The molecule has 0 bridgehead atoms. The van der Waals surface area contributed by atoms with Gasteiger partial charge in [0.2, 0.25) is 0 Å². The number of rotatable bonds is 6. The Labute approximate surface area is 181 Å². The van der Waals surface area contributed by atoms with Crippen LogP contribution in [0.3, 0.4) is 0 Å². The number of nitrogens with one attached hydrogen (secondary N) is 1. The van der Waals surface area contributed by atoms with Gasteiger partial charge in [-0.05, 0) is 47.6 Å². The third-order valence-corrected chi connectivity index (χ3v) is 5.87. The van der Waals surface area contributed by atoms with Gasteiger partial charge in [0.05, 0.1) is 11.9 Å². The summed E-state index contributed by atoms with van der Waals surface area (Å²) in [6.07, 6.45) is 6.13. The van der Waals surface area contributed by atoms with Crippen molar-refractivity contribution in [3.8, 4) is 11.3 Å². The molecule has 0 aliphatic heterocycles. The van der Waals surface area contributed by atoms with Crippen molar-refractivity contribution in [2.24, 2.45) is 0 Å². The first-order valence-electron chi connectivity index (χ1n) is 10.8. The molecule has 4 aromatic rings. The second kappa shape index (κ2) is 7.99. The van der Waals surface area contributed by atoms with Crippen LogP contribution in [0.1, 0.15) is 42.9 Å². The quantitative estimate of drug-likeness (QED) is 0.416. The highest BCUT2D eigenvalue weighted by molar-refractivity contribution is 5.73. The summed E-state index contributed by atoms with van der Waals surface area (Å²) in [6, 6.07) is 17.1. The molecule has 5 heteroatoms. The van der Waals surface area contributed by atoms with Gasteiger partial charge in [0.15, 0.2) is 5.65 Å². The zero-order valence-corrected chi connectivity index (χ0v) is 17.8. The molecule has 0 fully saturated rings. The van der Waals surface area contributed by atoms with E-state index in [0.29, 0.717) is 5.92 Å². The second-order valence-electron chi connectivity index (χ2n) is 8.29. The molecule has 5 rings (SSSR count). The average Bonchev–Trinajstić information content (AvgIpc) is 3.38. The van der Waals surface area contributed by atoms with E-state index in [9.17, 15) is 4.39 Å². The van der Waals surface area contributed by atoms with Gasteiger partial charge < -0.3 is 5.32 Å². The number of hydrogen-bond donors (Lipinski definition) is 1. The predicted octanol–water partition coefficient (Wildman–Crippen LogP) is 6.10. The molecule has 0 saturated heterocycles. The van der Waals surface area contributed by atoms with E-state index in [1.807, 2.05) is 22.8 Å². The van der Waals surface area contributed by atoms with Gasteiger partial charge in [-0.15, -0.1) is 0 Å². The van der Waals surface area contributed by atoms with Gasteiger partial charge in [-0.2, -0.15) is 9.61 Å². The summed E-state index contributed by atoms with van der Waals surface area (Å²) in [5.41, 5.74) is 7.51. The minimum absolute atomic E-state index is 0.266. The molecule has 1 aliphatic rings. The molecule has 0 atom stereocenters. The third-order valence-electron chi connectivity index (χ3n) is 5.87. The summed E-state index contributed by atoms with van der Waals surface area (Å²) < 4.78 is 15.7. The van der Waals surface area contributed by atoms with E-state index < -0.39 is 0 Å². The van der Waals surface area contributed by atoms with Crippen LogP contribution >= 0.6 is 0 Å². The van der Waals surface area contributed by atoms with Crippen molar-refractivity contribution in [3.63, 3.8) is 0 Å². The summed E-state index contributed by atoms with van der Waals surface area (Å²) in [5, 5.41) is 8.13. The van der Waals surface area contributed by atoms with Gasteiger partial charge in [0, 0.05) is 23.7 Å². The van der Waals surface area contributed by atoms with Crippen molar-refractivity contribution < 1.29 is 4.39 Å². The molecule has 2 heterocycles. The molecule has 0 amide bonds. The Bertz CT molecular complexity index is 1290.